The second kappa shape index (κ2) is 8.95. The van der Waals surface area contributed by atoms with Crippen LogP contribution in [0.5, 0.6) is 11.5 Å². The third kappa shape index (κ3) is 4.53. The van der Waals surface area contributed by atoms with Gasteiger partial charge in [0, 0.05) is 36.6 Å². The number of thiophene rings is 1. The standard InChI is InChI=1S/C23H23N3O3S/c1-2-19(30-13-1)16-29-18-4-6-21-23(15-18)25-22-14-17(3-5-20(22)24-21)28-12-9-26-7-10-27-11-8-26/h1-6,13-15H,7-12,16H2. The van der Waals surface area contributed by atoms with Crippen LogP contribution in [0, 0.1) is 0 Å². The van der Waals surface area contributed by atoms with E-state index in [0.29, 0.717) is 13.2 Å². The van der Waals surface area contributed by atoms with Crippen LogP contribution in [0.1, 0.15) is 4.88 Å². The Balaban J connectivity index is 1.29. The molecule has 0 atom stereocenters. The van der Waals surface area contributed by atoms with Gasteiger partial charge < -0.3 is 14.2 Å². The molecule has 7 heteroatoms. The Hall–Kier alpha value is -2.74. The zero-order valence-electron chi connectivity index (χ0n) is 16.6. The van der Waals surface area contributed by atoms with Crippen LogP contribution >= 0.6 is 11.3 Å². The molecule has 0 bridgehead atoms. The normalized spacial score (nSPS) is 14.9. The topological polar surface area (TPSA) is 56.7 Å². The number of fused-ring (bicyclic) bond motifs is 2. The molecule has 1 saturated heterocycles. The van der Waals surface area contributed by atoms with Gasteiger partial charge in [-0.2, -0.15) is 0 Å². The van der Waals surface area contributed by atoms with Crippen molar-refractivity contribution in [3.8, 4) is 11.5 Å². The lowest BCUT2D eigenvalue weighted by Gasteiger charge is -2.26. The highest BCUT2D eigenvalue weighted by molar-refractivity contribution is 7.09. The van der Waals surface area contributed by atoms with Gasteiger partial charge in [0.1, 0.15) is 24.7 Å². The van der Waals surface area contributed by atoms with Gasteiger partial charge in [-0.3, -0.25) is 4.90 Å². The van der Waals surface area contributed by atoms with Gasteiger partial charge in [-0.1, -0.05) is 6.07 Å². The molecule has 1 aliphatic heterocycles. The van der Waals surface area contributed by atoms with Gasteiger partial charge in [-0.05, 0) is 35.7 Å². The molecular formula is C23H23N3O3S. The smallest absolute Gasteiger partial charge is 0.122 e. The quantitative estimate of drug-likeness (QED) is 0.418. The molecule has 0 N–H and O–H groups in total. The summed E-state index contributed by atoms with van der Waals surface area (Å²) >= 11 is 1.69. The zero-order valence-corrected chi connectivity index (χ0v) is 17.4. The first kappa shape index (κ1) is 19.2. The Kier molecular flexibility index (Phi) is 5.74. The molecule has 0 saturated carbocycles. The number of nitrogens with zero attached hydrogens (tertiary/aromatic N) is 3. The highest BCUT2D eigenvalue weighted by atomic mass is 32.1. The van der Waals surface area contributed by atoms with E-state index in [-0.39, 0.29) is 0 Å². The molecule has 1 aliphatic rings. The summed E-state index contributed by atoms with van der Waals surface area (Å²) in [5, 5.41) is 2.05. The highest BCUT2D eigenvalue weighted by Gasteiger charge is 2.10. The fraction of sp³-hybridized carbons (Fsp3) is 0.304. The van der Waals surface area contributed by atoms with E-state index in [1.165, 1.54) is 4.88 Å². The summed E-state index contributed by atoms with van der Waals surface area (Å²) in [6.07, 6.45) is 0. The van der Waals surface area contributed by atoms with Gasteiger partial charge in [0.25, 0.3) is 0 Å². The number of hydrogen-bond donors (Lipinski definition) is 0. The van der Waals surface area contributed by atoms with Crippen LogP contribution in [0.15, 0.2) is 53.9 Å². The first-order valence-electron chi connectivity index (χ1n) is 10.1. The molecule has 4 aromatic rings. The van der Waals surface area contributed by atoms with Crippen molar-refractivity contribution in [3.63, 3.8) is 0 Å². The minimum atomic E-state index is 0.561. The Bertz CT molecular complexity index is 1130. The number of aromatic nitrogens is 2. The lowest BCUT2D eigenvalue weighted by atomic mass is 10.2. The molecule has 6 nitrogen and oxygen atoms in total. The van der Waals surface area contributed by atoms with E-state index in [2.05, 4.69) is 16.3 Å². The van der Waals surface area contributed by atoms with Gasteiger partial charge in [0.2, 0.25) is 0 Å². The highest BCUT2D eigenvalue weighted by Crippen LogP contribution is 2.24. The summed E-state index contributed by atoms with van der Waals surface area (Å²) in [5.41, 5.74) is 3.35. The molecule has 0 unspecified atom stereocenters. The van der Waals surface area contributed by atoms with E-state index in [1.807, 2.05) is 42.5 Å². The number of rotatable bonds is 7. The van der Waals surface area contributed by atoms with Gasteiger partial charge in [0.05, 0.1) is 35.3 Å². The Morgan fingerprint density at radius 2 is 1.57 bits per heavy atom. The predicted molar refractivity (Wildman–Crippen MR) is 118 cm³/mol. The van der Waals surface area contributed by atoms with Gasteiger partial charge in [-0.25, -0.2) is 9.97 Å². The van der Waals surface area contributed by atoms with Crippen molar-refractivity contribution < 1.29 is 14.2 Å². The SMILES string of the molecule is c1csc(COc2ccc3nc4ccc(OCCN5CCOCC5)cc4nc3c2)c1. The van der Waals surface area contributed by atoms with Crippen LogP contribution < -0.4 is 9.47 Å². The van der Waals surface area contributed by atoms with Crippen molar-refractivity contribution in [1.29, 1.82) is 0 Å². The number of morpholine rings is 1. The molecule has 5 rings (SSSR count). The average molecular weight is 422 g/mol. The molecule has 0 amide bonds. The first-order chi connectivity index (χ1) is 14.8. The fourth-order valence-electron chi connectivity index (χ4n) is 3.48. The van der Waals surface area contributed by atoms with Crippen LogP contribution in [0.2, 0.25) is 0 Å². The maximum Gasteiger partial charge on any atom is 0.122 e. The van der Waals surface area contributed by atoms with Crippen molar-refractivity contribution in [2.24, 2.45) is 0 Å². The van der Waals surface area contributed by atoms with Crippen molar-refractivity contribution in [3.05, 3.63) is 58.8 Å². The minimum absolute atomic E-state index is 0.561. The molecule has 2 aromatic heterocycles. The lowest BCUT2D eigenvalue weighted by molar-refractivity contribution is 0.0322. The fourth-order valence-corrected chi connectivity index (χ4v) is 4.10. The molecular weight excluding hydrogens is 398 g/mol. The molecule has 3 heterocycles. The number of hydrogen-bond acceptors (Lipinski definition) is 7. The van der Waals surface area contributed by atoms with Gasteiger partial charge in [0.15, 0.2) is 0 Å². The van der Waals surface area contributed by atoms with Crippen molar-refractivity contribution in [2.45, 2.75) is 6.61 Å². The third-order valence-electron chi connectivity index (χ3n) is 5.12. The van der Waals surface area contributed by atoms with Crippen LogP contribution in [0.4, 0.5) is 0 Å². The average Bonchev–Trinajstić information content (AvgIpc) is 3.31. The second-order valence-corrected chi connectivity index (χ2v) is 8.23. The van der Waals surface area contributed by atoms with Crippen molar-refractivity contribution in [2.75, 3.05) is 39.5 Å². The summed E-state index contributed by atoms with van der Waals surface area (Å²) in [7, 11) is 0. The maximum absolute atomic E-state index is 5.96. The third-order valence-corrected chi connectivity index (χ3v) is 5.97. The first-order valence-corrected chi connectivity index (χ1v) is 11.0. The van der Waals surface area contributed by atoms with E-state index in [4.69, 9.17) is 24.2 Å². The minimum Gasteiger partial charge on any atom is -0.492 e. The van der Waals surface area contributed by atoms with Crippen LogP contribution in [-0.4, -0.2) is 54.3 Å². The molecule has 30 heavy (non-hydrogen) atoms. The van der Waals surface area contributed by atoms with Crippen LogP contribution in [-0.2, 0) is 11.3 Å². The van der Waals surface area contributed by atoms with Crippen LogP contribution in [0.25, 0.3) is 22.1 Å². The monoisotopic (exact) mass is 421 g/mol. The number of ether oxygens (including phenoxy) is 3. The summed E-state index contributed by atoms with van der Waals surface area (Å²) in [6, 6.07) is 15.8. The summed E-state index contributed by atoms with van der Waals surface area (Å²) in [5.74, 6) is 1.61. The van der Waals surface area contributed by atoms with E-state index in [0.717, 1.165) is 66.4 Å². The Labute approximate surface area is 179 Å². The van der Waals surface area contributed by atoms with Gasteiger partial charge in [-0.15, -0.1) is 11.3 Å². The molecule has 2 aromatic carbocycles. The lowest BCUT2D eigenvalue weighted by Crippen LogP contribution is -2.38. The van der Waals surface area contributed by atoms with Crippen molar-refractivity contribution >= 4 is 33.4 Å². The Morgan fingerprint density at radius 3 is 2.27 bits per heavy atom. The molecule has 0 aliphatic carbocycles. The predicted octanol–water partition coefficient (Wildman–Crippen LogP) is 4.13. The van der Waals surface area contributed by atoms with E-state index < -0.39 is 0 Å². The molecule has 1 fully saturated rings. The van der Waals surface area contributed by atoms with E-state index >= 15 is 0 Å². The van der Waals surface area contributed by atoms with E-state index in [1.54, 1.807) is 11.3 Å². The number of benzene rings is 2. The summed E-state index contributed by atoms with van der Waals surface area (Å²) in [4.78, 5) is 13.1. The molecule has 0 spiro atoms. The molecule has 154 valence electrons. The van der Waals surface area contributed by atoms with Crippen molar-refractivity contribution in [1.82, 2.24) is 14.9 Å². The summed E-state index contributed by atoms with van der Waals surface area (Å²) in [6.45, 7) is 5.65. The Morgan fingerprint density at radius 1 is 0.867 bits per heavy atom. The molecule has 0 radical (unpaired) electrons. The van der Waals surface area contributed by atoms with E-state index in [9.17, 15) is 0 Å². The zero-order chi connectivity index (χ0) is 20.2. The maximum atomic E-state index is 5.96. The largest absolute Gasteiger partial charge is 0.492 e. The second-order valence-electron chi connectivity index (χ2n) is 7.20. The van der Waals surface area contributed by atoms with Gasteiger partial charge >= 0.3 is 0 Å². The summed E-state index contributed by atoms with van der Waals surface area (Å²) < 4.78 is 17.3. The van der Waals surface area contributed by atoms with Crippen LogP contribution in [0.3, 0.4) is 0 Å².